The van der Waals surface area contributed by atoms with Crippen molar-refractivity contribution in [1.82, 2.24) is 4.90 Å². The first kappa shape index (κ1) is 13.8. The Hall–Kier alpha value is -1.87. The van der Waals surface area contributed by atoms with E-state index >= 15 is 0 Å². The molecule has 114 valence electrons. The predicted octanol–water partition coefficient (Wildman–Crippen LogP) is 3.36. The van der Waals surface area contributed by atoms with Crippen molar-refractivity contribution >= 4 is 5.91 Å². The number of carbonyl (C=O) groups is 1. The molecule has 1 N–H and O–H groups in total. The molecule has 1 atom stereocenters. The van der Waals surface area contributed by atoms with Crippen LogP contribution >= 0.6 is 0 Å². The van der Waals surface area contributed by atoms with Gasteiger partial charge in [0.2, 0.25) is 0 Å². The third-order valence-electron chi connectivity index (χ3n) is 5.23. The number of aliphatic hydroxyl groups is 1. The van der Waals surface area contributed by atoms with Crippen molar-refractivity contribution in [2.75, 3.05) is 6.54 Å². The number of hydrogen-bond acceptors (Lipinski definition) is 2. The van der Waals surface area contributed by atoms with Crippen LogP contribution in [0.15, 0.2) is 48.1 Å². The summed E-state index contributed by atoms with van der Waals surface area (Å²) in [5.74, 6) is 0.489. The summed E-state index contributed by atoms with van der Waals surface area (Å²) in [5.41, 5.74) is 0.929. The van der Waals surface area contributed by atoms with E-state index < -0.39 is 5.72 Å². The van der Waals surface area contributed by atoms with Crippen molar-refractivity contribution in [3.05, 3.63) is 59.2 Å². The Balaban J connectivity index is 1.80. The number of benzene rings is 1. The van der Waals surface area contributed by atoms with Crippen LogP contribution in [-0.2, 0) is 5.72 Å². The fraction of sp³-hybridized carbons (Fsp3) is 0.421. The molecule has 1 saturated carbocycles. The monoisotopic (exact) mass is 295 g/mol. The van der Waals surface area contributed by atoms with E-state index in [-0.39, 0.29) is 5.91 Å². The molecule has 2 aliphatic carbocycles. The summed E-state index contributed by atoms with van der Waals surface area (Å²) in [4.78, 5) is 14.5. The van der Waals surface area contributed by atoms with Crippen LogP contribution < -0.4 is 0 Å². The van der Waals surface area contributed by atoms with E-state index in [1.165, 1.54) is 6.42 Å². The van der Waals surface area contributed by atoms with Crippen LogP contribution in [0.25, 0.3) is 0 Å². The van der Waals surface area contributed by atoms with E-state index in [1.807, 2.05) is 30.3 Å². The third-order valence-corrected chi connectivity index (χ3v) is 5.23. The highest BCUT2D eigenvalue weighted by Crippen LogP contribution is 2.45. The first-order valence-corrected chi connectivity index (χ1v) is 8.22. The van der Waals surface area contributed by atoms with E-state index in [0.29, 0.717) is 18.0 Å². The first-order chi connectivity index (χ1) is 10.7. The van der Waals surface area contributed by atoms with Crippen molar-refractivity contribution in [3.63, 3.8) is 0 Å². The van der Waals surface area contributed by atoms with Crippen molar-refractivity contribution in [3.8, 4) is 0 Å². The molecule has 1 aromatic rings. The van der Waals surface area contributed by atoms with Gasteiger partial charge in [-0.1, -0.05) is 42.8 Å². The minimum absolute atomic E-state index is 0.0372. The van der Waals surface area contributed by atoms with Gasteiger partial charge in [-0.15, -0.1) is 0 Å². The summed E-state index contributed by atoms with van der Waals surface area (Å²) in [6.07, 6.45) is 11.6. The topological polar surface area (TPSA) is 40.5 Å². The number of nitrogens with zero attached hydrogens (tertiary/aromatic N) is 1. The Morgan fingerprint density at radius 3 is 2.73 bits per heavy atom. The summed E-state index contributed by atoms with van der Waals surface area (Å²) in [6.45, 7) is 0.648. The predicted molar refractivity (Wildman–Crippen MR) is 85.2 cm³/mol. The van der Waals surface area contributed by atoms with E-state index in [0.717, 1.165) is 36.8 Å². The van der Waals surface area contributed by atoms with Crippen molar-refractivity contribution in [1.29, 1.82) is 0 Å². The Kier molecular flexibility index (Phi) is 3.19. The van der Waals surface area contributed by atoms with Gasteiger partial charge in [-0.05, 0) is 37.7 Å². The number of fused-ring (bicyclic) bond motifs is 1. The molecule has 3 aliphatic rings. The van der Waals surface area contributed by atoms with Gasteiger partial charge in [0.1, 0.15) is 0 Å². The molecular weight excluding hydrogens is 274 g/mol. The van der Waals surface area contributed by atoms with Gasteiger partial charge in [0, 0.05) is 23.2 Å². The largest absolute Gasteiger partial charge is 0.363 e. The molecule has 1 heterocycles. The number of amides is 1. The van der Waals surface area contributed by atoms with Gasteiger partial charge in [0.25, 0.3) is 5.91 Å². The molecule has 0 aromatic heterocycles. The van der Waals surface area contributed by atoms with Crippen molar-refractivity contribution < 1.29 is 9.90 Å². The summed E-state index contributed by atoms with van der Waals surface area (Å²) in [5, 5.41) is 11.6. The molecule has 0 bridgehead atoms. The van der Waals surface area contributed by atoms with Gasteiger partial charge in [-0.3, -0.25) is 4.79 Å². The van der Waals surface area contributed by atoms with Crippen LogP contribution in [0.4, 0.5) is 0 Å². The molecule has 0 radical (unpaired) electrons. The van der Waals surface area contributed by atoms with Gasteiger partial charge in [0.15, 0.2) is 5.72 Å². The van der Waals surface area contributed by atoms with Crippen LogP contribution in [0, 0.1) is 5.92 Å². The van der Waals surface area contributed by atoms with Crippen LogP contribution in [-0.4, -0.2) is 22.5 Å². The zero-order valence-electron chi connectivity index (χ0n) is 12.7. The molecule has 0 spiro atoms. The highest BCUT2D eigenvalue weighted by atomic mass is 16.3. The normalized spacial score (nSPS) is 27.6. The van der Waals surface area contributed by atoms with Gasteiger partial charge >= 0.3 is 0 Å². The summed E-state index contributed by atoms with van der Waals surface area (Å²) >= 11 is 0. The standard InChI is InChI=1S/C19H21NO2/c21-18-16-11-4-5-12-17(16)19(22,15-9-2-1-3-10-15)20(18)13-14-7-6-8-14/h2,4-5,9-12,14,22H,1,3,6-8,13H2. The maximum Gasteiger partial charge on any atom is 0.257 e. The molecule has 1 amide bonds. The number of rotatable bonds is 3. The molecule has 3 heteroatoms. The fourth-order valence-electron chi connectivity index (χ4n) is 3.74. The maximum absolute atomic E-state index is 12.8. The van der Waals surface area contributed by atoms with Crippen LogP contribution in [0.3, 0.4) is 0 Å². The lowest BCUT2D eigenvalue weighted by Gasteiger charge is -2.40. The summed E-state index contributed by atoms with van der Waals surface area (Å²) in [6, 6.07) is 7.49. The van der Waals surface area contributed by atoms with E-state index in [4.69, 9.17) is 0 Å². The Morgan fingerprint density at radius 1 is 1.23 bits per heavy atom. The average Bonchev–Trinajstić information content (AvgIpc) is 2.74. The Labute approximate surface area is 130 Å². The van der Waals surface area contributed by atoms with Crippen molar-refractivity contribution in [2.45, 2.75) is 37.8 Å². The molecule has 22 heavy (non-hydrogen) atoms. The van der Waals surface area contributed by atoms with Gasteiger partial charge in [0.05, 0.1) is 0 Å². The molecular formula is C19H21NO2. The van der Waals surface area contributed by atoms with Gasteiger partial charge in [-0.2, -0.15) is 0 Å². The van der Waals surface area contributed by atoms with E-state index in [9.17, 15) is 9.90 Å². The van der Waals surface area contributed by atoms with Gasteiger partial charge in [-0.25, -0.2) is 0 Å². The minimum Gasteiger partial charge on any atom is -0.363 e. The lowest BCUT2D eigenvalue weighted by molar-refractivity contribution is -0.0613. The minimum atomic E-state index is -1.29. The second kappa shape index (κ2) is 5.10. The molecule has 1 unspecified atom stereocenters. The van der Waals surface area contributed by atoms with Crippen LogP contribution in [0.2, 0.25) is 0 Å². The molecule has 1 fully saturated rings. The molecule has 3 nitrogen and oxygen atoms in total. The summed E-state index contributed by atoms with van der Waals surface area (Å²) < 4.78 is 0. The van der Waals surface area contributed by atoms with E-state index in [2.05, 4.69) is 12.2 Å². The zero-order valence-corrected chi connectivity index (χ0v) is 12.7. The van der Waals surface area contributed by atoms with Gasteiger partial charge < -0.3 is 10.0 Å². The van der Waals surface area contributed by atoms with Crippen LogP contribution in [0.5, 0.6) is 0 Å². The fourth-order valence-corrected chi connectivity index (χ4v) is 3.74. The quantitative estimate of drug-likeness (QED) is 0.929. The van der Waals surface area contributed by atoms with E-state index in [1.54, 1.807) is 4.90 Å². The van der Waals surface area contributed by atoms with Crippen LogP contribution in [0.1, 0.15) is 48.0 Å². The Morgan fingerprint density at radius 2 is 2.05 bits per heavy atom. The number of carbonyl (C=O) groups excluding carboxylic acids is 1. The second-order valence-corrected chi connectivity index (χ2v) is 6.57. The average molecular weight is 295 g/mol. The number of hydrogen-bond donors (Lipinski definition) is 1. The number of allylic oxidation sites excluding steroid dienone is 2. The van der Waals surface area contributed by atoms with Crippen molar-refractivity contribution in [2.24, 2.45) is 5.92 Å². The second-order valence-electron chi connectivity index (χ2n) is 6.57. The lowest BCUT2D eigenvalue weighted by Crippen LogP contribution is -2.48. The lowest BCUT2D eigenvalue weighted by atomic mass is 9.84. The maximum atomic E-state index is 12.8. The smallest absolute Gasteiger partial charge is 0.257 e. The molecule has 0 saturated heterocycles. The Bertz CT molecular complexity index is 672. The SMILES string of the molecule is O=C1c2ccccc2C(O)(C2=CCCC=C2)N1CC1CCC1. The highest BCUT2D eigenvalue weighted by molar-refractivity contribution is 6.00. The highest BCUT2D eigenvalue weighted by Gasteiger charge is 2.51. The third kappa shape index (κ3) is 1.88. The molecule has 1 aromatic carbocycles. The first-order valence-electron chi connectivity index (χ1n) is 8.22. The zero-order chi connectivity index (χ0) is 15.2. The molecule has 4 rings (SSSR count). The summed E-state index contributed by atoms with van der Waals surface area (Å²) in [7, 11) is 0. The molecule has 1 aliphatic heterocycles.